The first-order chi connectivity index (χ1) is 21.6. The number of amides is 1. The summed E-state index contributed by atoms with van der Waals surface area (Å²) in [6.45, 7) is 6.19. The quantitative estimate of drug-likeness (QED) is 0.257. The number of benzene rings is 2. The standard InChI is InChI=1S/C34H44N6O5/c1-21(2)45-31-16-27-22(15-28(31)35)17-39(33(27)43)24-12-10-23(11-13-24)36(3)26-18-38(19-26)29-8-5-9-30-32(29)37(4)34(44)40(30)25(20-42)7-6-14-41/h5,8-9,14-16,20-21,23-26H,6-7,10-13,17-19,35H2,1-4H3. The molecule has 6 rings (SSSR count). The highest BCUT2D eigenvalue weighted by Crippen LogP contribution is 2.38. The normalized spacial score (nSPS) is 21.0. The summed E-state index contributed by atoms with van der Waals surface area (Å²) in [5, 5.41) is 0. The molecule has 240 valence electrons. The first-order valence-electron chi connectivity index (χ1n) is 16.1. The fraction of sp³-hybridized carbons (Fsp3) is 0.529. The number of fused-ring (bicyclic) bond motifs is 2. The predicted octanol–water partition coefficient (Wildman–Crippen LogP) is 3.52. The molecule has 0 radical (unpaired) electrons. The molecule has 0 spiro atoms. The van der Waals surface area contributed by atoms with Crippen LogP contribution in [0.15, 0.2) is 35.1 Å². The molecule has 11 heteroatoms. The van der Waals surface area contributed by atoms with Gasteiger partial charge in [0.05, 0.1) is 34.6 Å². The molecule has 11 nitrogen and oxygen atoms in total. The van der Waals surface area contributed by atoms with Crippen molar-refractivity contribution in [3.63, 3.8) is 0 Å². The Hall–Kier alpha value is -4.12. The average molecular weight is 617 g/mol. The van der Waals surface area contributed by atoms with Crippen LogP contribution in [0.2, 0.25) is 0 Å². The summed E-state index contributed by atoms with van der Waals surface area (Å²) in [6.07, 6.45) is 6.04. The molecular formula is C34H44N6O5. The predicted molar refractivity (Wildman–Crippen MR) is 174 cm³/mol. The molecule has 1 unspecified atom stereocenters. The van der Waals surface area contributed by atoms with Crippen molar-refractivity contribution in [1.82, 2.24) is 18.9 Å². The van der Waals surface area contributed by atoms with Crippen molar-refractivity contribution in [2.45, 2.75) is 89.2 Å². The minimum atomic E-state index is -0.674. The SMILES string of the molecule is CC(C)Oc1cc2c(cc1N)CN(C1CCC(N(C)C3CN(c4cccc5c4n(C)c(=O)n5C(C=O)CCC=O)C3)CC1)C2=O. The van der Waals surface area contributed by atoms with Gasteiger partial charge < -0.3 is 29.9 Å². The van der Waals surface area contributed by atoms with Gasteiger partial charge >= 0.3 is 5.69 Å². The average Bonchev–Trinajstić information content (AvgIpc) is 3.45. The third-order valence-corrected chi connectivity index (χ3v) is 10.0. The van der Waals surface area contributed by atoms with Crippen LogP contribution in [0.5, 0.6) is 5.75 Å². The number of nitrogens with zero attached hydrogens (tertiary/aromatic N) is 5. The van der Waals surface area contributed by atoms with E-state index in [1.165, 1.54) is 4.57 Å². The Labute approximate surface area is 263 Å². The number of anilines is 2. The Morgan fingerprint density at radius 3 is 2.47 bits per heavy atom. The molecule has 0 bridgehead atoms. The number of nitrogen functional groups attached to an aromatic ring is 1. The number of hydrogen-bond donors (Lipinski definition) is 1. The van der Waals surface area contributed by atoms with E-state index in [1.54, 1.807) is 11.6 Å². The molecule has 2 aromatic carbocycles. The lowest BCUT2D eigenvalue weighted by Gasteiger charge is -2.49. The van der Waals surface area contributed by atoms with E-state index in [0.29, 0.717) is 47.6 Å². The lowest BCUT2D eigenvalue weighted by atomic mass is 9.88. The fourth-order valence-corrected chi connectivity index (χ4v) is 7.51. The highest BCUT2D eigenvalue weighted by Gasteiger charge is 2.39. The first kappa shape index (κ1) is 30.9. The van der Waals surface area contributed by atoms with E-state index < -0.39 is 6.04 Å². The Morgan fingerprint density at radius 2 is 1.80 bits per heavy atom. The highest BCUT2D eigenvalue weighted by atomic mass is 16.5. The number of carbonyl (C=O) groups excluding carboxylic acids is 3. The largest absolute Gasteiger partial charge is 0.489 e. The fourth-order valence-electron chi connectivity index (χ4n) is 7.51. The van der Waals surface area contributed by atoms with Crippen LogP contribution in [-0.4, -0.2) is 81.8 Å². The van der Waals surface area contributed by atoms with Crippen LogP contribution in [0.25, 0.3) is 11.0 Å². The van der Waals surface area contributed by atoms with E-state index in [1.807, 2.05) is 49.1 Å². The molecule has 1 amide bonds. The second-order valence-corrected chi connectivity index (χ2v) is 13.1. The van der Waals surface area contributed by atoms with Gasteiger partial charge in [-0.05, 0) is 82.8 Å². The molecular weight excluding hydrogens is 572 g/mol. The third-order valence-electron chi connectivity index (χ3n) is 10.0. The number of likely N-dealkylation sites (N-methyl/N-ethyl adjacent to an activating group) is 1. The number of rotatable bonds is 11. The smallest absolute Gasteiger partial charge is 0.329 e. The summed E-state index contributed by atoms with van der Waals surface area (Å²) in [5.41, 5.74) is 10.7. The van der Waals surface area contributed by atoms with Crippen molar-refractivity contribution in [2.24, 2.45) is 7.05 Å². The van der Waals surface area contributed by atoms with Gasteiger partial charge in [0, 0.05) is 56.8 Å². The van der Waals surface area contributed by atoms with E-state index in [-0.39, 0.29) is 30.2 Å². The van der Waals surface area contributed by atoms with Crippen LogP contribution in [0.4, 0.5) is 11.4 Å². The number of para-hydroxylation sites is 1. The van der Waals surface area contributed by atoms with Crippen LogP contribution in [-0.2, 0) is 23.2 Å². The zero-order valence-corrected chi connectivity index (χ0v) is 26.6. The minimum absolute atomic E-state index is 0.0153. The van der Waals surface area contributed by atoms with E-state index in [2.05, 4.69) is 16.8 Å². The highest BCUT2D eigenvalue weighted by molar-refractivity contribution is 5.99. The van der Waals surface area contributed by atoms with E-state index in [9.17, 15) is 19.2 Å². The Kier molecular flexibility index (Phi) is 8.47. The topological polar surface area (TPSA) is 123 Å². The number of nitrogens with two attached hydrogens (primary N) is 1. The monoisotopic (exact) mass is 616 g/mol. The number of carbonyl (C=O) groups is 3. The maximum absolute atomic E-state index is 13.4. The van der Waals surface area contributed by atoms with Crippen LogP contribution in [0.3, 0.4) is 0 Å². The van der Waals surface area contributed by atoms with Crippen LogP contribution < -0.4 is 21.1 Å². The van der Waals surface area contributed by atoms with Crippen LogP contribution in [0, 0.1) is 0 Å². The van der Waals surface area contributed by atoms with E-state index in [0.717, 1.165) is 68.1 Å². The van der Waals surface area contributed by atoms with Gasteiger partial charge in [0.25, 0.3) is 5.91 Å². The molecule has 1 saturated heterocycles. The van der Waals surface area contributed by atoms with Crippen LogP contribution >= 0.6 is 0 Å². The zero-order chi connectivity index (χ0) is 32.0. The number of aldehydes is 2. The van der Waals surface area contributed by atoms with Gasteiger partial charge in [-0.3, -0.25) is 18.8 Å². The Bertz CT molecular complexity index is 1660. The zero-order valence-electron chi connectivity index (χ0n) is 26.6. The third kappa shape index (κ3) is 5.51. The Morgan fingerprint density at radius 1 is 1.07 bits per heavy atom. The van der Waals surface area contributed by atoms with Crippen molar-refractivity contribution in [2.75, 3.05) is 30.8 Å². The molecule has 3 aliphatic rings. The summed E-state index contributed by atoms with van der Waals surface area (Å²) in [5.74, 6) is 0.653. The van der Waals surface area contributed by atoms with E-state index in [4.69, 9.17) is 10.5 Å². The van der Waals surface area contributed by atoms with Gasteiger partial charge in [0.1, 0.15) is 18.3 Å². The molecule has 1 aromatic heterocycles. The lowest BCUT2D eigenvalue weighted by molar-refractivity contribution is -0.111. The van der Waals surface area contributed by atoms with Crippen molar-refractivity contribution >= 4 is 40.9 Å². The van der Waals surface area contributed by atoms with Gasteiger partial charge in [-0.1, -0.05) is 6.07 Å². The number of aromatic nitrogens is 2. The summed E-state index contributed by atoms with van der Waals surface area (Å²) < 4.78 is 8.97. The number of ether oxygens (including phenoxy) is 1. The maximum atomic E-state index is 13.4. The second-order valence-electron chi connectivity index (χ2n) is 13.1. The Balaban J connectivity index is 1.08. The van der Waals surface area contributed by atoms with Gasteiger partial charge in [-0.15, -0.1) is 0 Å². The van der Waals surface area contributed by atoms with Gasteiger partial charge in [0.2, 0.25) is 0 Å². The van der Waals surface area contributed by atoms with Gasteiger partial charge in [-0.2, -0.15) is 0 Å². The molecule has 1 atom stereocenters. The molecule has 45 heavy (non-hydrogen) atoms. The minimum Gasteiger partial charge on any atom is -0.489 e. The summed E-state index contributed by atoms with van der Waals surface area (Å²) in [4.78, 5) is 56.2. The molecule has 3 heterocycles. The molecule has 2 fully saturated rings. The van der Waals surface area contributed by atoms with Crippen LogP contribution in [0.1, 0.15) is 74.3 Å². The van der Waals surface area contributed by atoms with E-state index >= 15 is 0 Å². The molecule has 2 aliphatic heterocycles. The number of hydrogen-bond acceptors (Lipinski definition) is 8. The summed E-state index contributed by atoms with van der Waals surface area (Å²) >= 11 is 0. The second kappa shape index (κ2) is 12.3. The number of imidazole rings is 1. The molecule has 3 aromatic rings. The maximum Gasteiger partial charge on any atom is 0.329 e. The molecule has 2 N–H and O–H groups in total. The first-order valence-corrected chi connectivity index (χ1v) is 16.1. The van der Waals surface area contributed by atoms with Crippen molar-refractivity contribution in [3.8, 4) is 5.75 Å². The van der Waals surface area contributed by atoms with Crippen molar-refractivity contribution < 1.29 is 19.1 Å². The molecule has 1 aliphatic carbocycles. The number of aryl methyl sites for hydroxylation is 1. The summed E-state index contributed by atoms with van der Waals surface area (Å²) in [6, 6.07) is 9.92. The molecule has 1 saturated carbocycles. The summed E-state index contributed by atoms with van der Waals surface area (Å²) in [7, 11) is 3.95. The van der Waals surface area contributed by atoms with Gasteiger partial charge in [-0.25, -0.2) is 4.79 Å². The van der Waals surface area contributed by atoms with Crippen molar-refractivity contribution in [3.05, 3.63) is 51.9 Å². The lowest BCUT2D eigenvalue weighted by Crippen LogP contribution is -2.61. The van der Waals surface area contributed by atoms with Crippen molar-refractivity contribution in [1.29, 1.82) is 0 Å². The van der Waals surface area contributed by atoms with Gasteiger partial charge in [0.15, 0.2) is 0 Å².